The van der Waals surface area contributed by atoms with Crippen LogP contribution in [0, 0.1) is 10.1 Å². The second kappa shape index (κ2) is 4.50. The molecule has 0 aliphatic carbocycles. The fourth-order valence-corrected chi connectivity index (χ4v) is 1.84. The van der Waals surface area contributed by atoms with Crippen LogP contribution in [0.5, 0.6) is 0 Å². The van der Waals surface area contributed by atoms with Crippen LogP contribution in [0.25, 0.3) is 0 Å². The molecule has 0 fully saturated rings. The molecule has 0 spiro atoms. The fourth-order valence-electron chi connectivity index (χ4n) is 1.84. The van der Waals surface area contributed by atoms with E-state index in [0.29, 0.717) is 25.3 Å². The Hall–Kier alpha value is -1.95. The molecule has 0 N–H and O–H groups in total. The predicted molar refractivity (Wildman–Crippen MR) is 59.7 cm³/mol. The van der Waals surface area contributed by atoms with Crippen molar-refractivity contribution in [3.63, 3.8) is 0 Å². The molecule has 1 amide bonds. The summed E-state index contributed by atoms with van der Waals surface area (Å²) < 4.78 is 4.91. The van der Waals surface area contributed by atoms with Crippen molar-refractivity contribution in [2.24, 2.45) is 0 Å². The predicted octanol–water partition coefficient (Wildman–Crippen LogP) is 1.20. The summed E-state index contributed by atoms with van der Waals surface area (Å²) in [5, 5.41) is 10.6. The van der Waals surface area contributed by atoms with Gasteiger partial charge in [0.2, 0.25) is 0 Å². The summed E-state index contributed by atoms with van der Waals surface area (Å²) in [4.78, 5) is 23.7. The van der Waals surface area contributed by atoms with E-state index in [4.69, 9.17) is 4.74 Å². The van der Waals surface area contributed by atoms with Crippen LogP contribution in [0.15, 0.2) is 18.2 Å². The molecule has 2 rings (SSSR count). The Labute approximate surface area is 97.9 Å². The van der Waals surface area contributed by atoms with Crippen LogP contribution >= 0.6 is 0 Å². The maximum Gasteiger partial charge on any atom is 0.270 e. The highest BCUT2D eigenvalue weighted by molar-refractivity contribution is 5.98. The number of benzene rings is 1. The third-order valence-electron chi connectivity index (χ3n) is 2.75. The topological polar surface area (TPSA) is 72.7 Å². The van der Waals surface area contributed by atoms with Crippen molar-refractivity contribution >= 4 is 11.6 Å². The molecule has 1 aromatic rings. The SMILES string of the molecule is COCCN1Cc2ccc([N+](=O)[O-])cc2C1=O. The number of rotatable bonds is 4. The molecule has 0 bridgehead atoms. The molecule has 17 heavy (non-hydrogen) atoms. The normalized spacial score (nSPS) is 13.9. The first kappa shape index (κ1) is 11.5. The highest BCUT2D eigenvalue weighted by Gasteiger charge is 2.28. The summed E-state index contributed by atoms with van der Waals surface area (Å²) in [7, 11) is 1.57. The van der Waals surface area contributed by atoms with Gasteiger partial charge in [0, 0.05) is 32.3 Å². The van der Waals surface area contributed by atoms with Gasteiger partial charge in [-0.15, -0.1) is 0 Å². The lowest BCUT2D eigenvalue weighted by Crippen LogP contribution is -2.27. The van der Waals surface area contributed by atoms with Crippen LogP contribution in [0.2, 0.25) is 0 Å². The van der Waals surface area contributed by atoms with E-state index in [-0.39, 0.29) is 11.6 Å². The standard InChI is InChI=1S/C11H12N2O4/c1-17-5-4-12-7-8-2-3-9(13(15)16)6-10(8)11(12)14/h2-3,6H,4-5,7H2,1H3. The van der Waals surface area contributed by atoms with Crippen molar-refractivity contribution < 1.29 is 14.5 Å². The first-order valence-corrected chi connectivity index (χ1v) is 5.19. The average Bonchev–Trinajstić information content (AvgIpc) is 2.63. The average molecular weight is 236 g/mol. The number of hydrogen-bond donors (Lipinski definition) is 0. The molecule has 1 heterocycles. The van der Waals surface area contributed by atoms with Gasteiger partial charge in [-0.3, -0.25) is 14.9 Å². The number of fused-ring (bicyclic) bond motifs is 1. The van der Waals surface area contributed by atoms with Gasteiger partial charge in [-0.25, -0.2) is 0 Å². The van der Waals surface area contributed by atoms with E-state index in [1.165, 1.54) is 12.1 Å². The van der Waals surface area contributed by atoms with Gasteiger partial charge < -0.3 is 9.64 Å². The maximum absolute atomic E-state index is 11.9. The van der Waals surface area contributed by atoms with E-state index in [1.54, 1.807) is 18.1 Å². The molecule has 1 aliphatic rings. The lowest BCUT2D eigenvalue weighted by Gasteiger charge is -2.14. The van der Waals surface area contributed by atoms with E-state index < -0.39 is 4.92 Å². The summed E-state index contributed by atoms with van der Waals surface area (Å²) in [5.74, 6) is -0.166. The Bertz CT molecular complexity index is 473. The second-order valence-electron chi connectivity index (χ2n) is 3.82. The van der Waals surface area contributed by atoms with Crippen molar-refractivity contribution in [1.29, 1.82) is 0 Å². The minimum Gasteiger partial charge on any atom is -0.383 e. The summed E-state index contributed by atoms with van der Waals surface area (Å²) in [6.45, 7) is 1.45. The van der Waals surface area contributed by atoms with Gasteiger partial charge in [-0.2, -0.15) is 0 Å². The van der Waals surface area contributed by atoms with Crippen LogP contribution in [0.4, 0.5) is 5.69 Å². The molecule has 0 unspecified atom stereocenters. The molecule has 0 saturated heterocycles. The zero-order valence-electron chi connectivity index (χ0n) is 9.38. The lowest BCUT2D eigenvalue weighted by molar-refractivity contribution is -0.384. The number of ether oxygens (including phenoxy) is 1. The number of methoxy groups -OCH3 is 1. The molecule has 0 radical (unpaired) electrons. The van der Waals surface area contributed by atoms with Crippen LogP contribution in [0.3, 0.4) is 0 Å². The van der Waals surface area contributed by atoms with E-state index in [2.05, 4.69) is 0 Å². The van der Waals surface area contributed by atoms with Crippen molar-refractivity contribution in [3.05, 3.63) is 39.4 Å². The van der Waals surface area contributed by atoms with Gasteiger partial charge in [-0.05, 0) is 11.6 Å². The number of hydrogen-bond acceptors (Lipinski definition) is 4. The van der Waals surface area contributed by atoms with E-state index in [9.17, 15) is 14.9 Å². The number of amides is 1. The Morgan fingerprint density at radius 1 is 1.53 bits per heavy atom. The van der Waals surface area contributed by atoms with E-state index in [1.807, 2.05) is 0 Å². The third-order valence-corrected chi connectivity index (χ3v) is 2.75. The van der Waals surface area contributed by atoms with Gasteiger partial charge in [0.15, 0.2) is 0 Å². The van der Waals surface area contributed by atoms with Crippen LogP contribution in [-0.4, -0.2) is 36.0 Å². The van der Waals surface area contributed by atoms with E-state index in [0.717, 1.165) is 5.56 Å². The van der Waals surface area contributed by atoms with Gasteiger partial charge >= 0.3 is 0 Å². The minimum absolute atomic E-state index is 0.0503. The van der Waals surface area contributed by atoms with Gasteiger partial charge in [0.25, 0.3) is 11.6 Å². The van der Waals surface area contributed by atoms with Gasteiger partial charge in [-0.1, -0.05) is 0 Å². The van der Waals surface area contributed by atoms with Crippen molar-refractivity contribution in [1.82, 2.24) is 4.90 Å². The molecular formula is C11H12N2O4. The number of carbonyl (C=O) groups is 1. The quantitative estimate of drug-likeness (QED) is 0.581. The second-order valence-corrected chi connectivity index (χ2v) is 3.82. The van der Waals surface area contributed by atoms with Crippen molar-refractivity contribution in [2.75, 3.05) is 20.3 Å². The monoisotopic (exact) mass is 236 g/mol. The Kier molecular flexibility index (Phi) is 3.06. The molecular weight excluding hydrogens is 224 g/mol. The van der Waals surface area contributed by atoms with Gasteiger partial charge in [0.05, 0.1) is 17.1 Å². The summed E-state index contributed by atoms with van der Waals surface area (Å²) in [6, 6.07) is 4.40. The zero-order chi connectivity index (χ0) is 12.4. The number of nitrogens with zero attached hydrogens (tertiary/aromatic N) is 2. The number of nitro benzene ring substituents is 1. The highest BCUT2D eigenvalue weighted by atomic mass is 16.6. The smallest absolute Gasteiger partial charge is 0.270 e. The molecule has 0 atom stereocenters. The van der Waals surface area contributed by atoms with Gasteiger partial charge in [0.1, 0.15) is 0 Å². The molecule has 1 aromatic carbocycles. The summed E-state index contributed by atoms with van der Waals surface area (Å²) in [5.41, 5.74) is 1.21. The summed E-state index contributed by atoms with van der Waals surface area (Å²) in [6.07, 6.45) is 0. The third kappa shape index (κ3) is 2.12. The lowest BCUT2D eigenvalue weighted by atomic mass is 10.1. The fraction of sp³-hybridized carbons (Fsp3) is 0.364. The molecule has 6 nitrogen and oxygen atoms in total. The molecule has 1 aliphatic heterocycles. The number of non-ortho nitro benzene ring substituents is 1. The first-order valence-electron chi connectivity index (χ1n) is 5.19. The Morgan fingerprint density at radius 3 is 2.94 bits per heavy atom. The van der Waals surface area contributed by atoms with Crippen molar-refractivity contribution in [2.45, 2.75) is 6.54 Å². The van der Waals surface area contributed by atoms with Crippen LogP contribution in [-0.2, 0) is 11.3 Å². The minimum atomic E-state index is -0.495. The molecule has 6 heteroatoms. The molecule has 90 valence electrons. The van der Waals surface area contributed by atoms with Crippen LogP contribution < -0.4 is 0 Å². The zero-order valence-corrected chi connectivity index (χ0v) is 9.38. The number of nitro groups is 1. The van der Waals surface area contributed by atoms with Crippen LogP contribution in [0.1, 0.15) is 15.9 Å². The Morgan fingerprint density at radius 2 is 2.29 bits per heavy atom. The molecule has 0 aromatic heterocycles. The molecule has 0 saturated carbocycles. The Balaban J connectivity index is 2.23. The largest absolute Gasteiger partial charge is 0.383 e. The first-order chi connectivity index (χ1) is 8.13. The summed E-state index contributed by atoms with van der Waals surface area (Å²) >= 11 is 0. The maximum atomic E-state index is 11.9. The number of carbonyl (C=O) groups excluding carboxylic acids is 1. The van der Waals surface area contributed by atoms with E-state index >= 15 is 0 Å². The highest BCUT2D eigenvalue weighted by Crippen LogP contribution is 2.26. The van der Waals surface area contributed by atoms with Crippen molar-refractivity contribution in [3.8, 4) is 0 Å².